The van der Waals surface area contributed by atoms with Gasteiger partial charge in [-0.25, -0.2) is 0 Å². The van der Waals surface area contributed by atoms with Crippen LogP contribution in [-0.2, 0) is 9.53 Å². The van der Waals surface area contributed by atoms with E-state index in [0.29, 0.717) is 32.0 Å². The lowest BCUT2D eigenvalue weighted by Crippen LogP contribution is -2.38. The maximum Gasteiger partial charge on any atom is 0.309 e. The van der Waals surface area contributed by atoms with Crippen LogP contribution in [0.15, 0.2) is 0 Å². The molecule has 0 aromatic heterocycles. The van der Waals surface area contributed by atoms with E-state index in [0.717, 1.165) is 12.8 Å². The predicted octanol–water partition coefficient (Wildman–Crippen LogP) is 3.47. The number of hydrogen-bond donors (Lipinski definition) is 1. The third-order valence-corrected chi connectivity index (χ3v) is 4.13. The Morgan fingerprint density at radius 1 is 1.35 bits per heavy atom. The Morgan fingerprint density at radius 2 is 2.00 bits per heavy atom. The third-order valence-electron chi connectivity index (χ3n) is 4.13. The number of ether oxygens (including phenoxy) is 1. The Hall–Kier alpha value is -0.570. The number of aliphatic carboxylic acids is 1. The molecule has 1 saturated heterocycles. The number of hydrogen-bond acceptors (Lipinski definition) is 2. The van der Waals surface area contributed by atoms with Crippen LogP contribution < -0.4 is 0 Å². The summed E-state index contributed by atoms with van der Waals surface area (Å²) in [7, 11) is 0. The molecule has 1 atom stereocenters. The van der Waals surface area contributed by atoms with E-state index in [1.165, 1.54) is 19.3 Å². The van der Waals surface area contributed by atoms with Gasteiger partial charge in [-0.05, 0) is 25.2 Å². The summed E-state index contributed by atoms with van der Waals surface area (Å²) in [5.74, 6) is -0.0556. The third kappa shape index (κ3) is 3.98. The molecule has 0 aromatic carbocycles. The van der Waals surface area contributed by atoms with E-state index in [1.54, 1.807) is 0 Å². The average Bonchev–Trinajstić information content (AvgIpc) is 2.35. The Labute approximate surface area is 105 Å². The molecule has 3 nitrogen and oxygen atoms in total. The summed E-state index contributed by atoms with van der Waals surface area (Å²) in [5.41, 5.74) is -0.507. The molecule has 1 N–H and O–H groups in total. The second-order valence-electron chi connectivity index (χ2n) is 5.32. The number of unbranched alkanes of at least 4 members (excludes halogenated alkanes) is 1. The van der Waals surface area contributed by atoms with E-state index in [2.05, 4.69) is 13.8 Å². The van der Waals surface area contributed by atoms with E-state index < -0.39 is 11.4 Å². The van der Waals surface area contributed by atoms with Crippen molar-refractivity contribution >= 4 is 5.97 Å². The summed E-state index contributed by atoms with van der Waals surface area (Å²) in [6, 6.07) is 0. The van der Waals surface area contributed by atoms with Gasteiger partial charge >= 0.3 is 5.97 Å². The summed E-state index contributed by atoms with van der Waals surface area (Å²) in [5, 5.41) is 9.50. The fourth-order valence-electron chi connectivity index (χ4n) is 2.76. The van der Waals surface area contributed by atoms with Crippen LogP contribution in [0, 0.1) is 11.3 Å². The molecule has 17 heavy (non-hydrogen) atoms. The van der Waals surface area contributed by atoms with Gasteiger partial charge in [0, 0.05) is 13.2 Å². The topological polar surface area (TPSA) is 46.5 Å². The molecule has 1 aliphatic heterocycles. The van der Waals surface area contributed by atoms with Crippen LogP contribution >= 0.6 is 0 Å². The van der Waals surface area contributed by atoms with Gasteiger partial charge < -0.3 is 9.84 Å². The molecular formula is C14H26O3. The second kappa shape index (κ2) is 7.00. The van der Waals surface area contributed by atoms with Gasteiger partial charge in [0.15, 0.2) is 0 Å². The number of carbonyl (C=O) groups is 1. The summed E-state index contributed by atoms with van der Waals surface area (Å²) >= 11 is 0. The highest BCUT2D eigenvalue weighted by Crippen LogP contribution is 2.39. The molecule has 0 aliphatic carbocycles. The molecule has 0 radical (unpaired) electrons. The van der Waals surface area contributed by atoms with E-state index in [9.17, 15) is 9.90 Å². The molecule has 1 heterocycles. The molecule has 0 amide bonds. The molecule has 1 fully saturated rings. The van der Waals surface area contributed by atoms with Crippen molar-refractivity contribution in [1.29, 1.82) is 0 Å². The zero-order valence-electron chi connectivity index (χ0n) is 11.2. The Bertz CT molecular complexity index is 232. The predicted molar refractivity (Wildman–Crippen MR) is 68.0 cm³/mol. The molecule has 3 heteroatoms. The van der Waals surface area contributed by atoms with Gasteiger partial charge in [-0.1, -0.05) is 39.5 Å². The summed E-state index contributed by atoms with van der Waals surface area (Å²) in [6.45, 7) is 5.58. The van der Waals surface area contributed by atoms with Crippen LogP contribution in [-0.4, -0.2) is 24.3 Å². The Kier molecular flexibility index (Phi) is 5.96. The van der Waals surface area contributed by atoms with Crippen LogP contribution in [0.1, 0.15) is 58.8 Å². The lowest BCUT2D eigenvalue weighted by Gasteiger charge is -2.35. The fourth-order valence-corrected chi connectivity index (χ4v) is 2.76. The lowest BCUT2D eigenvalue weighted by atomic mass is 9.72. The minimum absolute atomic E-state index is 0.507. The van der Waals surface area contributed by atoms with Crippen molar-refractivity contribution in [2.24, 2.45) is 11.3 Å². The van der Waals surface area contributed by atoms with Crippen molar-refractivity contribution in [1.82, 2.24) is 0 Å². The minimum Gasteiger partial charge on any atom is -0.481 e. The standard InChI is InChI=1S/C14H26O3/c1-3-5-6-12(4-2)11-14(13(15)16)7-9-17-10-8-14/h12H,3-11H2,1-2H3,(H,15,16). The van der Waals surface area contributed by atoms with Gasteiger partial charge in [-0.3, -0.25) is 4.79 Å². The second-order valence-corrected chi connectivity index (χ2v) is 5.32. The first-order valence-electron chi connectivity index (χ1n) is 6.95. The van der Waals surface area contributed by atoms with E-state index in [1.807, 2.05) is 0 Å². The molecular weight excluding hydrogens is 216 g/mol. The zero-order chi connectivity index (χ0) is 12.7. The Morgan fingerprint density at radius 3 is 2.47 bits per heavy atom. The fraction of sp³-hybridized carbons (Fsp3) is 0.929. The first kappa shape index (κ1) is 14.5. The van der Waals surface area contributed by atoms with Gasteiger partial charge in [0.1, 0.15) is 0 Å². The molecule has 1 unspecified atom stereocenters. The molecule has 0 bridgehead atoms. The normalized spacial score (nSPS) is 21.1. The minimum atomic E-state index is -0.615. The van der Waals surface area contributed by atoms with Gasteiger partial charge in [0.05, 0.1) is 5.41 Å². The van der Waals surface area contributed by atoms with Crippen molar-refractivity contribution in [3.05, 3.63) is 0 Å². The van der Waals surface area contributed by atoms with Gasteiger partial charge in [0.25, 0.3) is 0 Å². The maximum atomic E-state index is 11.5. The van der Waals surface area contributed by atoms with Crippen molar-refractivity contribution in [3.63, 3.8) is 0 Å². The smallest absolute Gasteiger partial charge is 0.309 e. The highest BCUT2D eigenvalue weighted by Gasteiger charge is 2.41. The van der Waals surface area contributed by atoms with Gasteiger partial charge in [-0.15, -0.1) is 0 Å². The summed E-state index contributed by atoms with van der Waals surface area (Å²) < 4.78 is 5.31. The SMILES string of the molecule is CCCCC(CC)CC1(C(=O)O)CCOCC1. The highest BCUT2D eigenvalue weighted by molar-refractivity contribution is 5.74. The molecule has 0 aromatic rings. The van der Waals surface area contributed by atoms with Crippen LogP contribution in [0.4, 0.5) is 0 Å². The Balaban J connectivity index is 2.60. The first-order valence-corrected chi connectivity index (χ1v) is 6.95. The van der Waals surface area contributed by atoms with Crippen LogP contribution in [0.5, 0.6) is 0 Å². The van der Waals surface area contributed by atoms with Crippen LogP contribution in [0.2, 0.25) is 0 Å². The van der Waals surface area contributed by atoms with E-state index in [-0.39, 0.29) is 0 Å². The average molecular weight is 242 g/mol. The number of carboxylic acid groups (broad SMARTS) is 1. The molecule has 0 spiro atoms. The van der Waals surface area contributed by atoms with Crippen molar-refractivity contribution < 1.29 is 14.6 Å². The largest absolute Gasteiger partial charge is 0.481 e. The number of rotatable bonds is 7. The van der Waals surface area contributed by atoms with Gasteiger partial charge in [-0.2, -0.15) is 0 Å². The van der Waals surface area contributed by atoms with E-state index >= 15 is 0 Å². The van der Waals surface area contributed by atoms with Crippen molar-refractivity contribution in [3.8, 4) is 0 Å². The molecule has 100 valence electrons. The molecule has 1 aliphatic rings. The summed E-state index contributed by atoms with van der Waals surface area (Å²) in [4.78, 5) is 11.5. The van der Waals surface area contributed by atoms with Crippen LogP contribution in [0.25, 0.3) is 0 Å². The first-order chi connectivity index (χ1) is 8.14. The highest BCUT2D eigenvalue weighted by atomic mass is 16.5. The van der Waals surface area contributed by atoms with E-state index in [4.69, 9.17) is 4.74 Å². The maximum absolute atomic E-state index is 11.5. The summed E-state index contributed by atoms with van der Waals surface area (Å²) in [6.07, 6.45) is 6.88. The quantitative estimate of drug-likeness (QED) is 0.743. The molecule has 0 saturated carbocycles. The monoisotopic (exact) mass is 242 g/mol. The van der Waals surface area contributed by atoms with Crippen LogP contribution in [0.3, 0.4) is 0 Å². The zero-order valence-corrected chi connectivity index (χ0v) is 11.2. The number of carboxylic acids is 1. The van der Waals surface area contributed by atoms with Crippen molar-refractivity contribution in [2.75, 3.05) is 13.2 Å². The van der Waals surface area contributed by atoms with Crippen molar-refractivity contribution in [2.45, 2.75) is 58.8 Å². The molecule has 1 rings (SSSR count). The lowest BCUT2D eigenvalue weighted by molar-refractivity contribution is -0.156. The van der Waals surface area contributed by atoms with Gasteiger partial charge in [0.2, 0.25) is 0 Å².